The molecule has 16 heteroatoms. The van der Waals surface area contributed by atoms with E-state index in [1.54, 1.807) is 24.7 Å². The molecule has 0 bridgehead atoms. The predicted octanol–water partition coefficient (Wildman–Crippen LogP) is 5.27. The summed E-state index contributed by atoms with van der Waals surface area (Å²) in [6, 6.07) is 6.69. The fourth-order valence-electron chi connectivity index (χ4n) is 10.3. The average molecular weight is 838 g/mol. The lowest BCUT2D eigenvalue weighted by Crippen LogP contribution is -2.61. The third kappa shape index (κ3) is 7.92. The van der Waals surface area contributed by atoms with Crippen molar-refractivity contribution in [2.45, 2.75) is 95.9 Å². The fraction of sp³-hybridized carbons (Fsp3) is 0.578. The summed E-state index contributed by atoms with van der Waals surface area (Å²) in [6.07, 6.45) is 10.1. The minimum absolute atomic E-state index is 0. The van der Waals surface area contributed by atoms with Crippen molar-refractivity contribution in [2.75, 3.05) is 68.7 Å². The molecule has 1 saturated carbocycles. The number of piperazine rings is 1. The van der Waals surface area contributed by atoms with E-state index in [-0.39, 0.29) is 51.0 Å². The summed E-state index contributed by atoms with van der Waals surface area (Å²) in [7, 11) is 0. The maximum absolute atomic E-state index is 16.1. The average Bonchev–Trinajstić information content (AvgIpc) is 3.66. The Morgan fingerprint density at radius 2 is 1.64 bits per heavy atom. The number of carbonyl (C=O) groups excluding carboxylic acids is 3. The molecule has 326 valence electrons. The second kappa shape index (κ2) is 15.6. The molecule has 1 atom stereocenters. The highest BCUT2D eigenvalue weighted by atomic mass is 19.1. The first kappa shape index (κ1) is 39.9. The van der Waals surface area contributed by atoms with Gasteiger partial charge in [0.2, 0.25) is 17.7 Å². The number of anilines is 2. The molecule has 8 heterocycles. The molecule has 3 aromatic heterocycles. The molecule has 15 nitrogen and oxygen atoms in total. The SMILES string of the molecule is CC1(Oc2cc3c(-c4cc(N5CCC(CN6CCN(CC7CCN(c8ccc9c(c8F)CN(C8CCC(=O)NC8=O)C9=O)CC7)C(C)(C)C6)CC5)ncn4)n[nH]c3cn2)CC1.[HH].[HH]. The van der Waals surface area contributed by atoms with Crippen molar-refractivity contribution in [1.82, 2.24) is 45.2 Å². The van der Waals surface area contributed by atoms with Crippen LogP contribution in [0.4, 0.5) is 15.9 Å². The number of piperidine rings is 3. The third-order valence-corrected chi connectivity index (χ3v) is 14.3. The lowest BCUT2D eigenvalue weighted by molar-refractivity contribution is -0.136. The zero-order chi connectivity index (χ0) is 42.0. The number of imide groups is 1. The van der Waals surface area contributed by atoms with Crippen LogP contribution in [0.3, 0.4) is 0 Å². The molecule has 0 radical (unpaired) electrons. The smallest absolute Gasteiger partial charge is 0.255 e. The molecule has 4 aromatic rings. The van der Waals surface area contributed by atoms with Crippen LogP contribution in [0.5, 0.6) is 5.88 Å². The number of aromatic nitrogens is 5. The number of hydrogen-bond acceptors (Lipinski definition) is 12. The van der Waals surface area contributed by atoms with Crippen LogP contribution in [0, 0.1) is 17.7 Å². The summed E-state index contributed by atoms with van der Waals surface area (Å²) in [5, 5.41) is 11.0. The van der Waals surface area contributed by atoms with Crippen LogP contribution in [0.25, 0.3) is 22.3 Å². The Hall–Kier alpha value is -5.22. The Balaban J connectivity index is 0.00000272. The molecule has 3 amide bonds. The second-order valence-electron chi connectivity index (χ2n) is 19.1. The standard InChI is InChI=1S/C45H56FN11O4.2H2/c1-44(2)26-53(23-28-10-16-55(17-11-28)37-21-33(48-27-49-37)41-31-20-39(61-45(3)12-13-45)47-22-34(31)51-52-41)18-19-56(44)24-29-8-14-54(15-9-29)35-5-4-30-32(40(35)46)25-57(43(30)60)36-6-7-38(58)50-42(36)59;;/h4-5,20-22,27-29,36H,6-19,23-26H2,1-3H3,(H,51,52)(H,50,58,59);2*1H. The van der Waals surface area contributed by atoms with Crippen LogP contribution in [0.1, 0.15) is 90.9 Å². The van der Waals surface area contributed by atoms with Gasteiger partial charge in [0.1, 0.15) is 29.5 Å². The molecule has 10 rings (SSSR count). The van der Waals surface area contributed by atoms with E-state index in [4.69, 9.17) is 4.74 Å². The minimum Gasteiger partial charge on any atom is -0.471 e. The first-order valence-corrected chi connectivity index (χ1v) is 22.2. The first-order chi connectivity index (χ1) is 29.4. The fourth-order valence-corrected chi connectivity index (χ4v) is 10.3. The summed E-state index contributed by atoms with van der Waals surface area (Å²) in [6.45, 7) is 15.6. The van der Waals surface area contributed by atoms with Crippen LogP contribution in [-0.2, 0) is 16.1 Å². The van der Waals surface area contributed by atoms with Gasteiger partial charge in [-0.2, -0.15) is 5.10 Å². The van der Waals surface area contributed by atoms with E-state index in [9.17, 15) is 14.4 Å². The number of fused-ring (bicyclic) bond motifs is 2. The minimum atomic E-state index is -0.758. The number of nitrogens with zero attached hydrogens (tertiary/aromatic N) is 9. The lowest BCUT2D eigenvalue weighted by atomic mass is 9.90. The summed E-state index contributed by atoms with van der Waals surface area (Å²) in [5.74, 6) is 1.17. The van der Waals surface area contributed by atoms with E-state index in [1.165, 1.54) is 4.90 Å². The zero-order valence-corrected chi connectivity index (χ0v) is 35.5. The van der Waals surface area contributed by atoms with Gasteiger partial charge in [0.05, 0.1) is 29.6 Å². The van der Waals surface area contributed by atoms with Gasteiger partial charge in [-0.15, -0.1) is 0 Å². The molecule has 1 aromatic carbocycles. The van der Waals surface area contributed by atoms with Gasteiger partial charge in [-0.25, -0.2) is 19.3 Å². The highest BCUT2D eigenvalue weighted by molar-refractivity contribution is 6.05. The Bertz CT molecular complexity index is 2360. The quantitative estimate of drug-likeness (QED) is 0.200. The largest absolute Gasteiger partial charge is 0.471 e. The predicted molar refractivity (Wildman–Crippen MR) is 232 cm³/mol. The highest BCUT2D eigenvalue weighted by Crippen LogP contribution is 2.40. The normalized spacial score (nSPS) is 23.8. The molecule has 61 heavy (non-hydrogen) atoms. The molecule has 5 aliphatic heterocycles. The van der Waals surface area contributed by atoms with Gasteiger partial charge in [0, 0.05) is 102 Å². The topological polar surface area (TPSA) is 156 Å². The number of hydrogen-bond donors (Lipinski definition) is 2. The second-order valence-corrected chi connectivity index (χ2v) is 19.1. The molecule has 4 saturated heterocycles. The summed E-state index contributed by atoms with van der Waals surface area (Å²) in [4.78, 5) is 62.4. The Morgan fingerprint density at radius 1 is 0.885 bits per heavy atom. The molecule has 1 unspecified atom stereocenters. The van der Waals surface area contributed by atoms with Crippen LogP contribution in [0.2, 0.25) is 0 Å². The van der Waals surface area contributed by atoms with Gasteiger partial charge >= 0.3 is 0 Å². The van der Waals surface area contributed by atoms with Crippen molar-refractivity contribution < 1.29 is 26.4 Å². The van der Waals surface area contributed by atoms with Crippen LogP contribution >= 0.6 is 0 Å². The number of ether oxygens (including phenoxy) is 1. The van der Waals surface area contributed by atoms with E-state index in [0.29, 0.717) is 34.5 Å². The lowest BCUT2D eigenvalue weighted by Gasteiger charge is -2.50. The third-order valence-electron chi connectivity index (χ3n) is 14.3. The number of amides is 3. The number of aromatic amines is 1. The summed E-state index contributed by atoms with van der Waals surface area (Å²) >= 11 is 0. The zero-order valence-electron chi connectivity index (χ0n) is 35.5. The molecule has 1 aliphatic carbocycles. The maximum atomic E-state index is 16.1. The monoisotopic (exact) mass is 837 g/mol. The Morgan fingerprint density at radius 3 is 2.38 bits per heavy atom. The molecule has 6 aliphatic rings. The number of benzene rings is 1. The van der Waals surface area contributed by atoms with E-state index < -0.39 is 11.9 Å². The van der Waals surface area contributed by atoms with E-state index in [2.05, 4.69) is 76.9 Å². The van der Waals surface area contributed by atoms with Gasteiger partial charge in [0.25, 0.3) is 5.91 Å². The van der Waals surface area contributed by atoms with Crippen molar-refractivity contribution in [2.24, 2.45) is 11.8 Å². The van der Waals surface area contributed by atoms with Gasteiger partial charge < -0.3 is 19.4 Å². The van der Waals surface area contributed by atoms with Gasteiger partial charge in [-0.05, 0) is 89.7 Å². The van der Waals surface area contributed by atoms with Crippen molar-refractivity contribution in [1.29, 1.82) is 0 Å². The molecular weight excluding hydrogens is 778 g/mol. The van der Waals surface area contributed by atoms with Gasteiger partial charge in [-0.1, -0.05) is 0 Å². The first-order valence-electron chi connectivity index (χ1n) is 22.2. The van der Waals surface area contributed by atoms with Gasteiger partial charge in [0.15, 0.2) is 5.82 Å². The highest BCUT2D eigenvalue weighted by Gasteiger charge is 2.42. The van der Waals surface area contributed by atoms with Crippen molar-refractivity contribution in [3.63, 3.8) is 0 Å². The number of halogens is 1. The van der Waals surface area contributed by atoms with Crippen molar-refractivity contribution >= 4 is 40.1 Å². The summed E-state index contributed by atoms with van der Waals surface area (Å²) in [5.41, 5.74) is 3.54. The number of rotatable bonds is 10. The van der Waals surface area contributed by atoms with Crippen LogP contribution < -0.4 is 19.9 Å². The van der Waals surface area contributed by atoms with Gasteiger partial charge in [-0.3, -0.25) is 34.6 Å². The van der Waals surface area contributed by atoms with Crippen molar-refractivity contribution in [3.8, 4) is 17.3 Å². The number of pyridine rings is 1. The Labute approximate surface area is 358 Å². The number of nitrogens with one attached hydrogen (secondary N) is 2. The molecular formula is C45H60FN11O4. The van der Waals surface area contributed by atoms with E-state index in [1.807, 2.05) is 6.07 Å². The van der Waals surface area contributed by atoms with E-state index in [0.717, 1.165) is 126 Å². The molecule has 2 N–H and O–H groups in total. The van der Waals surface area contributed by atoms with E-state index >= 15 is 4.39 Å². The summed E-state index contributed by atoms with van der Waals surface area (Å²) < 4.78 is 22.2. The number of carbonyl (C=O) groups is 3. The van der Waals surface area contributed by atoms with Crippen LogP contribution in [-0.4, -0.2) is 134 Å². The maximum Gasteiger partial charge on any atom is 0.255 e. The molecule has 0 spiro atoms. The Kier molecular flexibility index (Phi) is 10.2. The molecule has 5 fully saturated rings. The van der Waals surface area contributed by atoms with Crippen molar-refractivity contribution in [3.05, 3.63) is 53.7 Å². The van der Waals surface area contributed by atoms with Crippen LogP contribution in [0.15, 0.2) is 36.8 Å². The number of H-pyrrole nitrogens is 1.